The van der Waals surface area contributed by atoms with Crippen molar-refractivity contribution in [2.75, 3.05) is 7.05 Å². The molecule has 0 fully saturated rings. The van der Waals surface area contributed by atoms with Crippen molar-refractivity contribution in [2.45, 2.75) is 25.3 Å². The first-order chi connectivity index (χ1) is 9.67. The van der Waals surface area contributed by atoms with Crippen molar-refractivity contribution in [3.8, 4) is 0 Å². The third-order valence-electron chi connectivity index (χ3n) is 3.67. The number of nitrogens with one attached hydrogen (secondary N) is 1. The van der Waals surface area contributed by atoms with E-state index in [1.54, 1.807) is 0 Å². The van der Waals surface area contributed by atoms with Crippen molar-refractivity contribution in [1.29, 1.82) is 0 Å². The summed E-state index contributed by atoms with van der Waals surface area (Å²) in [5, 5.41) is 4.86. The Labute approximate surface area is 130 Å². The van der Waals surface area contributed by atoms with Crippen molar-refractivity contribution in [1.82, 2.24) is 5.32 Å². The summed E-state index contributed by atoms with van der Waals surface area (Å²) in [6.45, 7) is 2.19. The predicted octanol–water partition coefficient (Wildman–Crippen LogP) is 5.45. The fourth-order valence-electron chi connectivity index (χ4n) is 2.69. The van der Waals surface area contributed by atoms with Gasteiger partial charge in [0.05, 0.1) is 0 Å². The monoisotopic (exact) mass is 307 g/mol. The van der Waals surface area contributed by atoms with Crippen molar-refractivity contribution >= 4 is 23.2 Å². The molecule has 0 aliphatic heterocycles. The molecule has 0 aromatic heterocycles. The maximum Gasteiger partial charge on any atom is 0.0455 e. The van der Waals surface area contributed by atoms with Gasteiger partial charge in [-0.2, -0.15) is 0 Å². The van der Waals surface area contributed by atoms with Gasteiger partial charge in [-0.05, 0) is 42.8 Å². The first-order valence-electron chi connectivity index (χ1n) is 6.84. The van der Waals surface area contributed by atoms with E-state index in [1.165, 1.54) is 5.56 Å². The zero-order valence-electron chi connectivity index (χ0n) is 11.7. The molecule has 0 spiro atoms. The van der Waals surface area contributed by atoms with Crippen molar-refractivity contribution in [3.05, 3.63) is 69.7 Å². The summed E-state index contributed by atoms with van der Waals surface area (Å²) >= 11 is 12.5. The summed E-state index contributed by atoms with van der Waals surface area (Å²) in [7, 11) is 1.97. The quantitative estimate of drug-likeness (QED) is 0.774. The summed E-state index contributed by atoms with van der Waals surface area (Å²) in [6.07, 6.45) is 1.03. The van der Waals surface area contributed by atoms with Crippen LogP contribution in [0, 0.1) is 0 Å². The fourth-order valence-corrected chi connectivity index (χ4v) is 3.11. The van der Waals surface area contributed by atoms with E-state index >= 15 is 0 Å². The van der Waals surface area contributed by atoms with Gasteiger partial charge in [-0.15, -0.1) is 0 Å². The molecule has 0 saturated carbocycles. The molecule has 1 nitrogen and oxygen atoms in total. The van der Waals surface area contributed by atoms with Gasteiger partial charge < -0.3 is 5.32 Å². The molecule has 2 rings (SSSR count). The van der Waals surface area contributed by atoms with Crippen LogP contribution >= 0.6 is 23.2 Å². The van der Waals surface area contributed by atoms with Crippen LogP contribution in [0.2, 0.25) is 10.0 Å². The highest BCUT2D eigenvalue weighted by atomic mass is 35.5. The Morgan fingerprint density at radius 3 is 2.35 bits per heavy atom. The predicted molar refractivity (Wildman–Crippen MR) is 87.7 cm³/mol. The van der Waals surface area contributed by atoms with E-state index in [4.69, 9.17) is 23.2 Å². The number of halogens is 2. The third-order valence-corrected chi connectivity index (χ3v) is 4.25. The van der Waals surface area contributed by atoms with Crippen LogP contribution in [0.25, 0.3) is 0 Å². The zero-order valence-corrected chi connectivity index (χ0v) is 13.2. The van der Waals surface area contributed by atoms with E-state index in [0.717, 1.165) is 17.0 Å². The Hall–Kier alpha value is -1.02. The molecule has 0 aliphatic rings. The lowest BCUT2D eigenvalue weighted by atomic mass is 9.85. The normalized spacial score (nSPS) is 14.0. The highest BCUT2D eigenvalue weighted by Crippen LogP contribution is 2.37. The number of likely N-dealkylation sites (N-methyl/N-ethyl adjacent to an activating group) is 1. The van der Waals surface area contributed by atoms with Gasteiger partial charge in [-0.3, -0.25) is 0 Å². The Kier molecular flexibility index (Phi) is 5.47. The van der Waals surface area contributed by atoms with Gasteiger partial charge >= 0.3 is 0 Å². The minimum atomic E-state index is 0.147. The van der Waals surface area contributed by atoms with Crippen LogP contribution in [0.15, 0.2) is 48.5 Å². The molecule has 2 atom stereocenters. The first-order valence-corrected chi connectivity index (χ1v) is 7.60. The van der Waals surface area contributed by atoms with E-state index in [0.29, 0.717) is 10.9 Å². The summed E-state index contributed by atoms with van der Waals surface area (Å²) in [5.41, 5.74) is 2.36. The summed E-state index contributed by atoms with van der Waals surface area (Å²) in [6, 6.07) is 16.3. The Balaban J connectivity index is 2.42. The van der Waals surface area contributed by atoms with E-state index < -0.39 is 0 Å². The van der Waals surface area contributed by atoms with Crippen molar-refractivity contribution < 1.29 is 0 Å². The topological polar surface area (TPSA) is 12.0 Å². The van der Waals surface area contributed by atoms with Gasteiger partial charge in [0.2, 0.25) is 0 Å². The van der Waals surface area contributed by atoms with E-state index in [1.807, 2.05) is 31.3 Å². The van der Waals surface area contributed by atoms with Crippen LogP contribution in [0.3, 0.4) is 0 Å². The Bertz CT molecular complexity index is 554. The van der Waals surface area contributed by atoms with Crippen molar-refractivity contribution in [2.24, 2.45) is 0 Å². The third kappa shape index (κ3) is 3.35. The molecule has 0 amide bonds. The second kappa shape index (κ2) is 7.12. The Morgan fingerprint density at radius 2 is 1.75 bits per heavy atom. The maximum absolute atomic E-state index is 6.36. The number of hydrogen-bond acceptors (Lipinski definition) is 1. The van der Waals surface area contributed by atoms with Gasteiger partial charge in [-0.1, -0.05) is 60.5 Å². The lowest BCUT2D eigenvalue weighted by Gasteiger charge is -2.27. The van der Waals surface area contributed by atoms with Crippen LogP contribution in [0.5, 0.6) is 0 Å². The largest absolute Gasteiger partial charge is 0.312 e. The van der Waals surface area contributed by atoms with Gasteiger partial charge in [0, 0.05) is 22.0 Å². The molecule has 0 radical (unpaired) electrons. The smallest absolute Gasteiger partial charge is 0.0455 e. The fraction of sp³-hybridized carbons (Fsp3) is 0.294. The zero-order chi connectivity index (χ0) is 14.5. The number of rotatable bonds is 5. The van der Waals surface area contributed by atoms with Gasteiger partial charge in [0.15, 0.2) is 0 Å². The van der Waals surface area contributed by atoms with E-state index in [9.17, 15) is 0 Å². The van der Waals surface area contributed by atoms with E-state index in [2.05, 4.69) is 36.5 Å². The van der Waals surface area contributed by atoms with Crippen molar-refractivity contribution in [3.63, 3.8) is 0 Å². The van der Waals surface area contributed by atoms with Gasteiger partial charge in [0.1, 0.15) is 0 Å². The average molecular weight is 308 g/mol. The average Bonchev–Trinajstić information content (AvgIpc) is 2.48. The molecule has 2 aromatic carbocycles. The molecule has 2 aromatic rings. The number of hydrogen-bond donors (Lipinski definition) is 1. The lowest BCUT2D eigenvalue weighted by Crippen LogP contribution is -2.24. The summed E-state index contributed by atoms with van der Waals surface area (Å²) in [4.78, 5) is 0. The van der Waals surface area contributed by atoms with Crippen LogP contribution in [0.1, 0.15) is 36.4 Å². The van der Waals surface area contributed by atoms with Crippen LogP contribution < -0.4 is 5.32 Å². The highest BCUT2D eigenvalue weighted by Gasteiger charge is 2.23. The molecule has 106 valence electrons. The van der Waals surface area contributed by atoms with Crippen LogP contribution in [0.4, 0.5) is 0 Å². The van der Waals surface area contributed by atoms with Gasteiger partial charge in [0.25, 0.3) is 0 Å². The van der Waals surface area contributed by atoms with Crippen LogP contribution in [-0.2, 0) is 0 Å². The standard InChI is InChI=1S/C17H19Cl2N/c1-3-14(12-7-5-4-6-8-12)17(20-2)15-11-13(18)9-10-16(15)19/h4-11,14,17,20H,3H2,1-2H3. The van der Waals surface area contributed by atoms with Crippen LogP contribution in [-0.4, -0.2) is 7.05 Å². The lowest BCUT2D eigenvalue weighted by molar-refractivity contribution is 0.468. The molecule has 0 saturated heterocycles. The number of benzene rings is 2. The molecule has 1 N–H and O–H groups in total. The molecule has 20 heavy (non-hydrogen) atoms. The highest BCUT2D eigenvalue weighted by molar-refractivity contribution is 6.33. The molecule has 2 unspecified atom stereocenters. The second-order valence-electron chi connectivity index (χ2n) is 4.86. The minimum Gasteiger partial charge on any atom is -0.312 e. The first kappa shape index (κ1) is 15.4. The molecule has 0 bridgehead atoms. The second-order valence-corrected chi connectivity index (χ2v) is 5.70. The molecule has 0 heterocycles. The Morgan fingerprint density at radius 1 is 1.05 bits per heavy atom. The summed E-state index contributed by atoms with van der Waals surface area (Å²) < 4.78 is 0. The maximum atomic E-state index is 6.36. The molecular formula is C17H19Cl2N. The van der Waals surface area contributed by atoms with E-state index in [-0.39, 0.29) is 6.04 Å². The molecule has 0 aliphatic carbocycles. The summed E-state index contributed by atoms with van der Waals surface area (Å²) in [5.74, 6) is 0.358. The molecular weight excluding hydrogens is 289 g/mol. The SMILES string of the molecule is CCC(c1ccccc1)C(NC)c1cc(Cl)ccc1Cl. The van der Waals surface area contributed by atoms with Gasteiger partial charge in [-0.25, -0.2) is 0 Å². The molecule has 3 heteroatoms. The minimum absolute atomic E-state index is 0.147.